The minimum absolute atomic E-state index is 0.219. The van der Waals surface area contributed by atoms with Crippen LogP contribution in [0.3, 0.4) is 0 Å². The van der Waals surface area contributed by atoms with Gasteiger partial charge in [0.05, 0.1) is 17.9 Å². The standard InChI is InChI=1S/C18H22O.C16H27N3.C15H25N3.C12H18O/c1-13(2)15-5-7-16(8-6-15)17-9-11-18(12-10-17)19-14(3)4;1-12(2)11-14-7-9-19(10-8-14)16-6-5-15(13(3)4)17-18-16;1-12(2)14-5-6-15(16-11-14)18-9-7-17(8-10-18)13(3)4;1-9(2)11-5-7-12(8-6-11)13-10(3)4/h5-14H,1-4H3;5-6,12-14H,7-11H2,1-4H3;5-6,11-13H,7-10H2,1-4H3;5-10H,1-4H3. The van der Waals surface area contributed by atoms with Crippen molar-refractivity contribution in [1.29, 1.82) is 0 Å². The molecule has 7 rings (SSSR count). The predicted molar refractivity (Wildman–Crippen MR) is 296 cm³/mol. The molecule has 0 radical (unpaired) electrons. The molecule has 2 aliphatic heterocycles. The van der Waals surface area contributed by atoms with Crippen LogP contribution in [0.5, 0.6) is 11.5 Å². The number of piperidine rings is 1. The Hall–Kier alpha value is -4.95. The lowest BCUT2D eigenvalue weighted by atomic mass is 9.89. The number of hydrogen-bond acceptors (Lipinski definition) is 8. The molecule has 0 amide bonds. The molecule has 0 aliphatic carbocycles. The first-order valence-corrected chi connectivity index (χ1v) is 26.5. The normalized spacial score (nSPS) is 14.6. The third-order valence-corrected chi connectivity index (χ3v) is 12.9. The van der Waals surface area contributed by atoms with Crippen LogP contribution in [-0.4, -0.2) is 77.6 Å². The Balaban J connectivity index is 0.000000202. The van der Waals surface area contributed by atoms with Crippen LogP contribution in [0.4, 0.5) is 11.6 Å². The van der Waals surface area contributed by atoms with Crippen LogP contribution in [0.1, 0.15) is 176 Å². The monoisotopic (exact) mass is 941 g/mol. The molecule has 2 fully saturated rings. The summed E-state index contributed by atoms with van der Waals surface area (Å²) >= 11 is 0. The van der Waals surface area contributed by atoms with Crippen LogP contribution in [-0.2, 0) is 0 Å². The molecule has 3 aromatic carbocycles. The molecule has 0 unspecified atom stereocenters. The lowest BCUT2D eigenvalue weighted by Gasteiger charge is -2.37. The van der Waals surface area contributed by atoms with Crippen molar-refractivity contribution in [2.24, 2.45) is 11.8 Å². The highest BCUT2D eigenvalue weighted by molar-refractivity contribution is 5.64. The Bertz CT molecular complexity index is 2110. The molecule has 2 saturated heterocycles. The Labute approximate surface area is 420 Å². The number of pyridine rings is 1. The third-order valence-electron chi connectivity index (χ3n) is 12.9. The quantitative estimate of drug-likeness (QED) is 0.109. The second kappa shape index (κ2) is 28.6. The number of anilines is 2. The zero-order valence-electron chi connectivity index (χ0n) is 45.9. The van der Waals surface area contributed by atoms with E-state index in [9.17, 15) is 0 Å². The summed E-state index contributed by atoms with van der Waals surface area (Å²) in [6.07, 6.45) is 6.46. The first-order valence-electron chi connectivity index (χ1n) is 26.5. The SMILES string of the molecule is CC(C)CC1CCN(c2ccc(C(C)C)nn2)CC1.CC(C)Oc1ccc(-c2ccc(C(C)C)cc2)cc1.CC(C)Oc1ccc(C(C)C)cc1.CC(C)c1ccc(N2CCN(C(C)C)CC2)nc1. The molecular weight excluding hydrogens is 849 g/mol. The van der Waals surface area contributed by atoms with Gasteiger partial charge in [0.25, 0.3) is 0 Å². The summed E-state index contributed by atoms with van der Waals surface area (Å²) in [7, 11) is 0. The summed E-state index contributed by atoms with van der Waals surface area (Å²) in [4.78, 5) is 11.9. The molecule has 0 spiro atoms. The van der Waals surface area contributed by atoms with Gasteiger partial charge in [-0.25, -0.2) is 4.98 Å². The molecule has 8 nitrogen and oxygen atoms in total. The highest BCUT2D eigenvalue weighted by atomic mass is 16.5. The minimum atomic E-state index is 0.219. The summed E-state index contributed by atoms with van der Waals surface area (Å²) < 4.78 is 11.2. The number of benzene rings is 3. The molecule has 5 aromatic rings. The average Bonchev–Trinajstić information content (AvgIpc) is 3.32. The van der Waals surface area contributed by atoms with Gasteiger partial charge in [-0.3, -0.25) is 4.90 Å². The van der Waals surface area contributed by atoms with Gasteiger partial charge in [0.1, 0.15) is 17.3 Å². The molecule has 0 atom stereocenters. The van der Waals surface area contributed by atoms with E-state index in [1.54, 1.807) is 0 Å². The van der Waals surface area contributed by atoms with Crippen LogP contribution in [0.25, 0.3) is 11.1 Å². The highest BCUT2D eigenvalue weighted by Gasteiger charge is 2.22. The second-order valence-corrected chi connectivity index (χ2v) is 21.6. The zero-order valence-corrected chi connectivity index (χ0v) is 45.9. The molecule has 8 heteroatoms. The minimum Gasteiger partial charge on any atom is -0.491 e. The van der Waals surface area contributed by atoms with Crippen LogP contribution in [0.15, 0.2) is 103 Å². The number of aromatic nitrogens is 3. The van der Waals surface area contributed by atoms with E-state index < -0.39 is 0 Å². The molecule has 2 aromatic heterocycles. The van der Waals surface area contributed by atoms with Crippen LogP contribution < -0.4 is 19.3 Å². The maximum atomic E-state index is 5.66. The van der Waals surface area contributed by atoms with E-state index in [1.807, 2.05) is 58.2 Å². The largest absolute Gasteiger partial charge is 0.491 e. The number of rotatable bonds is 14. The number of piperazine rings is 1. The number of ether oxygens (including phenoxy) is 2. The van der Waals surface area contributed by atoms with Crippen molar-refractivity contribution in [3.05, 3.63) is 126 Å². The summed E-state index contributed by atoms with van der Waals surface area (Å²) in [5.41, 5.74) is 7.62. The molecule has 378 valence electrons. The lowest BCUT2D eigenvalue weighted by Crippen LogP contribution is -2.49. The van der Waals surface area contributed by atoms with Gasteiger partial charge in [-0.2, -0.15) is 5.10 Å². The van der Waals surface area contributed by atoms with Gasteiger partial charge in [0, 0.05) is 51.5 Å². The van der Waals surface area contributed by atoms with Crippen molar-refractivity contribution < 1.29 is 9.47 Å². The van der Waals surface area contributed by atoms with Gasteiger partial charge < -0.3 is 19.3 Å². The maximum Gasteiger partial charge on any atom is 0.151 e. The fourth-order valence-corrected chi connectivity index (χ4v) is 8.53. The molecule has 4 heterocycles. The number of nitrogens with zero attached hydrogens (tertiary/aromatic N) is 6. The van der Waals surface area contributed by atoms with Gasteiger partial charge in [-0.15, -0.1) is 5.10 Å². The van der Waals surface area contributed by atoms with E-state index in [2.05, 4.69) is 186 Å². The lowest BCUT2D eigenvalue weighted by molar-refractivity contribution is 0.209. The molecule has 2 aliphatic rings. The van der Waals surface area contributed by atoms with Crippen LogP contribution in [0, 0.1) is 11.8 Å². The maximum absolute atomic E-state index is 5.66. The highest BCUT2D eigenvalue weighted by Crippen LogP contribution is 2.28. The first kappa shape index (κ1) is 56.6. The van der Waals surface area contributed by atoms with Crippen LogP contribution >= 0.6 is 0 Å². The first-order chi connectivity index (χ1) is 32.8. The molecular formula is C61H92N6O2. The van der Waals surface area contributed by atoms with E-state index in [0.717, 1.165) is 79.9 Å². The van der Waals surface area contributed by atoms with Crippen molar-refractivity contribution in [2.45, 2.75) is 172 Å². The van der Waals surface area contributed by atoms with E-state index in [1.165, 1.54) is 47.1 Å². The molecule has 69 heavy (non-hydrogen) atoms. The van der Waals surface area contributed by atoms with Gasteiger partial charge in [0.2, 0.25) is 0 Å². The second-order valence-electron chi connectivity index (χ2n) is 21.6. The smallest absolute Gasteiger partial charge is 0.151 e. The van der Waals surface area contributed by atoms with Crippen molar-refractivity contribution in [2.75, 3.05) is 49.1 Å². The summed E-state index contributed by atoms with van der Waals surface area (Å²) in [6, 6.07) is 34.7. The molecule has 0 bridgehead atoms. The van der Waals surface area contributed by atoms with Crippen molar-refractivity contribution in [3.63, 3.8) is 0 Å². The zero-order chi connectivity index (χ0) is 50.6. The topological polar surface area (TPSA) is 66.9 Å². The van der Waals surface area contributed by atoms with E-state index in [4.69, 9.17) is 9.47 Å². The van der Waals surface area contributed by atoms with Gasteiger partial charge in [-0.05, 0) is 167 Å². The molecule has 0 N–H and O–H groups in total. The van der Waals surface area contributed by atoms with Gasteiger partial charge in [-0.1, -0.05) is 124 Å². The Morgan fingerprint density at radius 3 is 1.28 bits per heavy atom. The van der Waals surface area contributed by atoms with Crippen molar-refractivity contribution in [1.82, 2.24) is 20.1 Å². The van der Waals surface area contributed by atoms with Gasteiger partial charge in [0.15, 0.2) is 5.82 Å². The average molecular weight is 941 g/mol. The number of hydrogen-bond donors (Lipinski definition) is 0. The summed E-state index contributed by atoms with van der Waals surface area (Å²) in [5, 5.41) is 8.71. The summed E-state index contributed by atoms with van der Waals surface area (Å²) in [6.45, 7) is 41.6. The Morgan fingerprint density at radius 2 is 0.884 bits per heavy atom. The van der Waals surface area contributed by atoms with Crippen molar-refractivity contribution >= 4 is 11.6 Å². The van der Waals surface area contributed by atoms with E-state index in [0.29, 0.717) is 29.7 Å². The summed E-state index contributed by atoms with van der Waals surface area (Å²) in [5.74, 6) is 7.97. The Morgan fingerprint density at radius 1 is 0.449 bits per heavy atom. The predicted octanol–water partition coefficient (Wildman–Crippen LogP) is 15.5. The third kappa shape index (κ3) is 19.8. The Kier molecular flexibility index (Phi) is 23.5. The fraction of sp³-hybridized carbons (Fsp3) is 0.557. The van der Waals surface area contributed by atoms with Gasteiger partial charge >= 0.3 is 0 Å². The van der Waals surface area contributed by atoms with E-state index >= 15 is 0 Å². The fourth-order valence-electron chi connectivity index (χ4n) is 8.53. The van der Waals surface area contributed by atoms with Crippen LogP contribution in [0.2, 0.25) is 0 Å². The van der Waals surface area contributed by atoms with E-state index in [-0.39, 0.29) is 12.2 Å². The van der Waals surface area contributed by atoms with Crippen molar-refractivity contribution in [3.8, 4) is 22.6 Å². The molecule has 0 saturated carbocycles.